The second-order valence-electron chi connectivity index (χ2n) is 7.10. The van der Waals surface area contributed by atoms with Crippen LogP contribution in [0.2, 0.25) is 0 Å². The van der Waals surface area contributed by atoms with E-state index in [-0.39, 0.29) is 13.2 Å². The Balaban J connectivity index is 0.000000169. The van der Waals surface area contributed by atoms with E-state index in [2.05, 4.69) is 77.7 Å². The van der Waals surface area contributed by atoms with Crippen LogP contribution < -0.4 is 0 Å². The van der Waals surface area contributed by atoms with Crippen LogP contribution in [0.15, 0.2) is 60.9 Å². The van der Waals surface area contributed by atoms with Crippen LogP contribution in [-0.4, -0.2) is 45.8 Å². The molecule has 0 spiro atoms. The van der Waals surface area contributed by atoms with E-state index < -0.39 is 0 Å². The minimum Gasteiger partial charge on any atom is -0.395 e. The van der Waals surface area contributed by atoms with Crippen molar-refractivity contribution in [3.05, 3.63) is 72.1 Å². The van der Waals surface area contributed by atoms with Crippen molar-refractivity contribution in [2.45, 2.75) is 26.9 Å². The maximum atomic E-state index is 8.87. The normalized spacial score (nSPS) is 11.0. The van der Waals surface area contributed by atoms with Gasteiger partial charge in [0, 0.05) is 25.5 Å². The van der Waals surface area contributed by atoms with Gasteiger partial charge in [-0.15, -0.1) is 0 Å². The van der Waals surface area contributed by atoms with E-state index in [1.54, 1.807) is 0 Å². The molecule has 0 saturated carbocycles. The number of aryl methyl sites for hydroxylation is 2. The summed E-state index contributed by atoms with van der Waals surface area (Å²) >= 11 is 0. The predicted molar refractivity (Wildman–Crippen MR) is 118 cm³/mol. The molecule has 0 aliphatic carbocycles. The minimum atomic E-state index is 0.0887. The van der Waals surface area contributed by atoms with E-state index in [0.29, 0.717) is 19.8 Å². The first-order valence-corrected chi connectivity index (χ1v) is 10.0. The number of rotatable bonds is 7. The zero-order valence-corrected chi connectivity index (χ0v) is 17.2. The summed E-state index contributed by atoms with van der Waals surface area (Å²) in [6.07, 6.45) is 4.11. The molecule has 2 N–H and O–H groups in total. The highest BCUT2D eigenvalue weighted by molar-refractivity contribution is 5.83. The summed E-state index contributed by atoms with van der Waals surface area (Å²) in [6.45, 7) is 7.05. The van der Waals surface area contributed by atoms with Gasteiger partial charge < -0.3 is 24.1 Å². The molecule has 154 valence electrons. The molecule has 0 unspecified atom stereocenters. The summed E-state index contributed by atoms with van der Waals surface area (Å²) in [4.78, 5) is 0. The van der Waals surface area contributed by atoms with Gasteiger partial charge >= 0.3 is 0 Å². The first kappa shape index (κ1) is 21.1. The maximum Gasteiger partial charge on any atom is 0.0698 e. The number of hydrogen-bond donors (Lipinski definition) is 2. The van der Waals surface area contributed by atoms with Crippen LogP contribution in [-0.2, 0) is 17.8 Å². The van der Waals surface area contributed by atoms with Gasteiger partial charge in [-0.2, -0.15) is 0 Å². The molecule has 2 aromatic carbocycles. The number of aliphatic hydroxyl groups excluding tert-OH is 2. The molecule has 0 aliphatic heterocycles. The van der Waals surface area contributed by atoms with Crippen LogP contribution >= 0.6 is 0 Å². The van der Waals surface area contributed by atoms with Crippen molar-refractivity contribution in [1.82, 2.24) is 9.13 Å². The number of para-hydroxylation sites is 2. The molecular formula is C24H30N2O3. The monoisotopic (exact) mass is 394 g/mol. The standard InChI is InChI=1S/C13H17NO2.C11H13NO/c1-11-3-2-4-12-5-6-14(13(11)12)7-9-16-10-8-15;1-9-3-2-4-10-5-6-12(7-8-13)11(9)10/h2-6,15H,7-10H2,1H3;2-6,13H,7-8H2,1H3. The summed E-state index contributed by atoms with van der Waals surface area (Å²) < 4.78 is 9.56. The average Bonchev–Trinajstić information content (AvgIpc) is 3.32. The van der Waals surface area contributed by atoms with Gasteiger partial charge in [0.05, 0.1) is 37.5 Å². The highest BCUT2D eigenvalue weighted by Crippen LogP contribution is 2.20. The van der Waals surface area contributed by atoms with Gasteiger partial charge in [-0.05, 0) is 47.9 Å². The van der Waals surface area contributed by atoms with Crippen molar-refractivity contribution in [2.75, 3.05) is 26.4 Å². The first-order valence-electron chi connectivity index (χ1n) is 10.0. The molecule has 5 nitrogen and oxygen atoms in total. The lowest BCUT2D eigenvalue weighted by atomic mass is 10.2. The lowest BCUT2D eigenvalue weighted by molar-refractivity contribution is 0.0875. The van der Waals surface area contributed by atoms with Crippen LogP contribution in [0.4, 0.5) is 0 Å². The Morgan fingerprint density at radius 1 is 0.690 bits per heavy atom. The summed E-state index contributed by atoms with van der Waals surface area (Å²) in [5.74, 6) is 0. The van der Waals surface area contributed by atoms with Crippen LogP contribution in [0.25, 0.3) is 21.8 Å². The van der Waals surface area contributed by atoms with Crippen molar-refractivity contribution >= 4 is 21.8 Å². The number of aromatic nitrogens is 2. The molecule has 0 fully saturated rings. The van der Waals surface area contributed by atoms with Gasteiger partial charge in [0.25, 0.3) is 0 Å². The Morgan fingerprint density at radius 3 is 1.76 bits per heavy atom. The Labute approximate surface area is 171 Å². The van der Waals surface area contributed by atoms with Crippen LogP contribution in [0, 0.1) is 13.8 Å². The average molecular weight is 395 g/mol. The molecule has 0 saturated heterocycles. The minimum absolute atomic E-state index is 0.0887. The lowest BCUT2D eigenvalue weighted by Gasteiger charge is -2.07. The van der Waals surface area contributed by atoms with Crippen molar-refractivity contribution in [1.29, 1.82) is 0 Å². The van der Waals surface area contributed by atoms with Crippen molar-refractivity contribution < 1.29 is 14.9 Å². The summed E-state index contributed by atoms with van der Waals surface area (Å²) in [5, 5.41) is 20.0. The van der Waals surface area contributed by atoms with Crippen LogP contribution in [0.3, 0.4) is 0 Å². The van der Waals surface area contributed by atoms with Gasteiger partial charge in [0.2, 0.25) is 0 Å². The Bertz CT molecular complexity index is 1050. The third-order valence-corrected chi connectivity index (χ3v) is 5.03. The molecule has 0 radical (unpaired) electrons. The van der Waals surface area contributed by atoms with E-state index >= 15 is 0 Å². The topological polar surface area (TPSA) is 59.5 Å². The van der Waals surface area contributed by atoms with Crippen molar-refractivity contribution in [3.8, 4) is 0 Å². The predicted octanol–water partition coefficient (Wildman–Crippen LogP) is 3.90. The fourth-order valence-electron chi connectivity index (χ4n) is 3.72. The Hall–Kier alpha value is -2.60. The van der Waals surface area contributed by atoms with Crippen LogP contribution in [0.1, 0.15) is 11.1 Å². The zero-order valence-electron chi connectivity index (χ0n) is 17.2. The van der Waals surface area contributed by atoms with E-state index in [4.69, 9.17) is 14.9 Å². The van der Waals surface area contributed by atoms with E-state index in [9.17, 15) is 0 Å². The number of nitrogens with zero attached hydrogens (tertiary/aromatic N) is 2. The smallest absolute Gasteiger partial charge is 0.0698 e. The molecule has 5 heteroatoms. The van der Waals surface area contributed by atoms with Gasteiger partial charge in [-0.1, -0.05) is 36.4 Å². The van der Waals surface area contributed by atoms with Crippen molar-refractivity contribution in [2.24, 2.45) is 0 Å². The number of benzene rings is 2. The Morgan fingerprint density at radius 2 is 1.24 bits per heavy atom. The fourth-order valence-corrected chi connectivity index (χ4v) is 3.72. The van der Waals surface area contributed by atoms with Gasteiger partial charge in [0.15, 0.2) is 0 Å². The molecule has 0 aliphatic rings. The number of hydrogen-bond acceptors (Lipinski definition) is 3. The zero-order chi connectivity index (χ0) is 20.6. The second kappa shape index (κ2) is 10.3. The maximum absolute atomic E-state index is 8.87. The van der Waals surface area contributed by atoms with E-state index in [0.717, 1.165) is 6.54 Å². The first-order chi connectivity index (χ1) is 14.2. The summed E-state index contributed by atoms with van der Waals surface area (Å²) in [7, 11) is 0. The molecule has 29 heavy (non-hydrogen) atoms. The second-order valence-corrected chi connectivity index (χ2v) is 7.10. The third kappa shape index (κ3) is 5.07. The SMILES string of the molecule is Cc1cccc2ccn(CCO)c12.Cc1cccc2ccn(CCOCCO)c12. The molecule has 2 heterocycles. The highest BCUT2D eigenvalue weighted by Gasteiger charge is 2.03. The molecular weight excluding hydrogens is 364 g/mol. The molecule has 0 bridgehead atoms. The summed E-state index contributed by atoms with van der Waals surface area (Å²) in [6, 6.07) is 16.8. The molecule has 0 amide bonds. The number of aliphatic hydroxyl groups is 2. The molecule has 0 atom stereocenters. The molecule has 4 aromatic rings. The van der Waals surface area contributed by atoms with E-state index in [1.807, 2.05) is 6.20 Å². The fraction of sp³-hybridized carbons (Fsp3) is 0.333. The Kier molecular flexibility index (Phi) is 7.47. The van der Waals surface area contributed by atoms with E-state index in [1.165, 1.54) is 32.9 Å². The van der Waals surface area contributed by atoms with Gasteiger partial charge in [-0.3, -0.25) is 0 Å². The molecule has 4 rings (SSSR count). The number of ether oxygens (including phenoxy) is 1. The molecule has 2 aromatic heterocycles. The number of fused-ring (bicyclic) bond motifs is 2. The van der Waals surface area contributed by atoms with Crippen LogP contribution in [0.5, 0.6) is 0 Å². The van der Waals surface area contributed by atoms with Gasteiger partial charge in [0.1, 0.15) is 0 Å². The third-order valence-electron chi connectivity index (χ3n) is 5.03. The summed E-state index contributed by atoms with van der Waals surface area (Å²) in [5.41, 5.74) is 5.05. The van der Waals surface area contributed by atoms with Crippen molar-refractivity contribution in [3.63, 3.8) is 0 Å². The largest absolute Gasteiger partial charge is 0.395 e. The lowest BCUT2D eigenvalue weighted by Crippen LogP contribution is -2.07. The highest BCUT2D eigenvalue weighted by atomic mass is 16.5. The quantitative estimate of drug-likeness (QED) is 0.468. The van der Waals surface area contributed by atoms with Gasteiger partial charge in [-0.25, -0.2) is 0 Å².